The fourth-order valence-corrected chi connectivity index (χ4v) is 5.37. The van der Waals surface area contributed by atoms with Crippen LogP contribution in [0.5, 0.6) is 0 Å². The third-order valence-electron chi connectivity index (χ3n) is 5.54. The summed E-state index contributed by atoms with van der Waals surface area (Å²) in [7, 11) is -4.82. The number of sulfonamides is 1. The van der Waals surface area contributed by atoms with E-state index in [1.54, 1.807) is 13.0 Å². The number of aliphatic hydroxyl groups excluding tert-OH is 1. The largest absolute Gasteiger partial charge is 0.457 e. The Morgan fingerprint density at radius 3 is 2.55 bits per heavy atom. The third-order valence-corrected chi connectivity index (χ3v) is 7.09. The predicted molar refractivity (Wildman–Crippen MR) is 114 cm³/mol. The maximum atomic E-state index is 14.5. The summed E-state index contributed by atoms with van der Waals surface area (Å²) in [6.45, 7) is 3.23. The molecule has 0 radical (unpaired) electrons. The molecule has 0 spiro atoms. The second-order valence-electron chi connectivity index (χ2n) is 7.89. The van der Waals surface area contributed by atoms with Crippen LogP contribution < -0.4 is 9.62 Å². The minimum atomic E-state index is -4.92. The number of nitrogens with zero attached hydrogens (tertiary/aromatic N) is 1. The molecule has 2 aromatic carbocycles. The lowest BCUT2D eigenvalue weighted by Crippen LogP contribution is -2.36. The molecule has 1 aliphatic rings. The van der Waals surface area contributed by atoms with Crippen molar-refractivity contribution in [2.75, 3.05) is 18.0 Å². The van der Waals surface area contributed by atoms with Gasteiger partial charge in [0.2, 0.25) is 10.0 Å². The van der Waals surface area contributed by atoms with Gasteiger partial charge in [0.25, 0.3) is 0 Å². The van der Waals surface area contributed by atoms with Crippen molar-refractivity contribution in [2.24, 2.45) is 0 Å². The van der Waals surface area contributed by atoms with Gasteiger partial charge in [-0.2, -0.15) is 17.9 Å². The molecule has 1 aromatic heterocycles. The number of anilines is 1. The van der Waals surface area contributed by atoms with Gasteiger partial charge in [0.15, 0.2) is 6.23 Å². The van der Waals surface area contributed by atoms with Crippen molar-refractivity contribution < 1.29 is 35.5 Å². The van der Waals surface area contributed by atoms with Crippen LogP contribution in [0.4, 0.5) is 23.2 Å². The lowest BCUT2D eigenvalue weighted by Gasteiger charge is -2.33. The van der Waals surface area contributed by atoms with E-state index in [1.807, 2.05) is 9.62 Å². The van der Waals surface area contributed by atoms with Gasteiger partial charge in [-0.25, -0.2) is 12.8 Å². The second-order valence-corrected chi connectivity index (χ2v) is 9.55. The summed E-state index contributed by atoms with van der Waals surface area (Å²) in [6.07, 6.45) is -5.47. The Morgan fingerprint density at radius 1 is 1.21 bits per heavy atom. The van der Waals surface area contributed by atoms with E-state index in [0.29, 0.717) is 18.2 Å². The highest BCUT2D eigenvalue weighted by Crippen LogP contribution is 2.37. The number of fused-ring (bicyclic) bond motifs is 1. The van der Waals surface area contributed by atoms with E-state index in [-0.39, 0.29) is 28.7 Å². The number of aryl methyl sites for hydroxylation is 1. The minimum absolute atomic E-state index is 0.0230. The van der Waals surface area contributed by atoms with Gasteiger partial charge in [0, 0.05) is 24.8 Å². The van der Waals surface area contributed by atoms with Crippen LogP contribution in [-0.2, 0) is 22.6 Å². The first-order valence-electron chi connectivity index (χ1n) is 10.4. The summed E-state index contributed by atoms with van der Waals surface area (Å²) >= 11 is 0. The highest BCUT2D eigenvalue weighted by Gasteiger charge is 2.39. The van der Waals surface area contributed by atoms with E-state index in [2.05, 4.69) is 0 Å². The monoisotopic (exact) mass is 486 g/mol. The zero-order valence-electron chi connectivity index (χ0n) is 17.6. The zero-order chi connectivity index (χ0) is 24.0. The number of nitrogens with one attached hydrogen (secondary N) is 1. The summed E-state index contributed by atoms with van der Waals surface area (Å²) in [5.41, 5.74) is -0.678. The highest BCUT2D eigenvalue weighted by atomic mass is 32.2. The summed E-state index contributed by atoms with van der Waals surface area (Å²) < 4.78 is 88.4. The van der Waals surface area contributed by atoms with Crippen LogP contribution >= 0.6 is 0 Å². The molecule has 0 saturated carbocycles. The fourth-order valence-electron chi connectivity index (χ4n) is 3.85. The number of hydrogen-bond donors (Lipinski definition) is 2. The Hall–Kier alpha value is -2.63. The van der Waals surface area contributed by atoms with Gasteiger partial charge in [0.1, 0.15) is 17.2 Å². The third kappa shape index (κ3) is 4.57. The van der Waals surface area contributed by atoms with E-state index in [4.69, 9.17) is 4.42 Å². The van der Waals surface area contributed by atoms with Crippen LogP contribution in [0.2, 0.25) is 0 Å². The summed E-state index contributed by atoms with van der Waals surface area (Å²) in [6, 6.07) is 7.12. The Morgan fingerprint density at radius 2 is 1.94 bits per heavy atom. The van der Waals surface area contributed by atoms with Crippen LogP contribution in [0.15, 0.2) is 45.7 Å². The number of aliphatic hydroxyl groups is 1. The molecule has 178 valence electrons. The van der Waals surface area contributed by atoms with Crippen LogP contribution in [0.25, 0.3) is 11.0 Å². The first-order valence-corrected chi connectivity index (χ1v) is 11.9. The predicted octanol–water partition coefficient (Wildman–Crippen LogP) is 4.72. The van der Waals surface area contributed by atoms with Gasteiger partial charge in [0.05, 0.1) is 15.8 Å². The second kappa shape index (κ2) is 8.62. The number of furan rings is 1. The highest BCUT2D eigenvalue weighted by molar-refractivity contribution is 7.89. The molecule has 33 heavy (non-hydrogen) atoms. The average molecular weight is 486 g/mol. The fraction of sp³-hybridized carbons (Fsp3) is 0.364. The SMILES string of the molecule is CCCc1cccc(C(F)(F)F)c1S(=O)(=O)NC(O)c1cc2c(F)cc(N3CCC3)cc2o1. The van der Waals surface area contributed by atoms with Crippen molar-refractivity contribution in [3.8, 4) is 0 Å². The lowest BCUT2D eigenvalue weighted by atomic mass is 10.1. The van der Waals surface area contributed by atoms with Gasteiger partial charge >= 0.3 is 6.18 Å². The number of alkyl halides is 3. The Labute approximate surface area is 187 Å². The topological polar surface area (TPSA) is 82.8 Å². The van der Waals surface area contributed by atoms with Gasteiger partial charge in [-0.05, 0) is 36.6 Å². The van der Waals surface area contributed by atoms with Crippen LogP contribution in [0, 0.1) is 5.82 Å². The maximum absolute atomic E-state index is 14.5. The van der Waals surface area contributed by atoms with Gasteiger partial charge < -0.3 is 14.4 Å². The molecule has 0 bridgehead atoms. The molecule has 6 nitrogen and oxygen atoms in total. The van der Waals surface area contributed by atoms with E-state index >= 15 is 0 Å². The number of halogens is 4. The molecule has 1 saturated heterocycles. The van der Waals surface area contributed by atoms with Crippen molar-refractivity contribution in [2.45, 2.75) is 43.5 Å². The average Bonchev–Trinajstić information content (AvgIpc) is 3.11. The van der Waals surface area contributed by atoms with Crippen molar-refractivity contribution in [1.82, 2.24) is 4.72 Å². The van der Waals surface area contributed by atoms with Crippen molar-refractivity contribution in [3.63, 3.8) is 0 Å². The number of rotatable bonds is 7. The summed E-state index contributed by atoms with van der Waals surface area (Å²) in [4.78, 5) is 0.980. The molecule has 1 aliphatic heterocycles. The Bertz CT molecular complexity index is 1280. The quantitative estimate of drug-likeness (QED) is 0.373. The number of benzene rings is 2. The molecule has 0 aliphatic carbocycles. The van der Waals surface area contributed by atoms with Crippen molar-refractivity contribution in [1.29, 1.82) is 0 Å². The molecule has 4 rings (SSSR count). The molecular formula is C22H22F4N2O4S. The van der Waals surface area contributed by atoms with E-state index < -0.39 is 38.7 Å². The molecule has 2 heterocycles. The first-order chi connectivity index (χ1) is 15.5. The standard InChI is InChI=1S/C22H22F4N2O4S/c1-2-5-13-6-3-7-16(22(24,25)26)20(13)33(30,31)27-21(29)19-12-15-17(23)10-14(11-18(15)32-19)28-8-4-9-28/h3,6-7,10-12,21,27,29H,2,4-5,8-9H2,1H3. The van der Waals surface area contributed by atoms with Crippen LogP contribution in [0.1, 0.15) is 42.9 Å². The van der Waals surface area contributed by atoms with E-state index in [1.165, 1.54) is 12.1 Å². The molecular weight excluding hydrogens is 464 g/mol. The lowest BCUT2D eigenvalue weighted by molar-refractivity contribution is -0.140. The van der Waals surface area contributed by atoms with Crippen molar-refractivity contribution >= 4 is 26.7 Å². The smallest absolute Gasteiger partial charge is 0.417 e. The Balaban J connectivity index is 1.69. The van der Waals surface area contributed by atoms with E-state index in [9.17, 15) is 31.1 Å². The summed E-state index contributed by atoms with van der Waals surface area (Å²) in [5, 5.41) is 10.5. The molecule has 1 atom stereocenters. The van der Waals surface area contributed by atoms with E-state index in [0.717, 1.165) is 31.6 Å². The minimum Gasteiger partial charge on any atom is -0.457 e. The first kappa shape index (κ1) is 23.5. The maximum Gasteiger partial charge on any atom is 0.417 e. The molecule has 11 heteroatoms. The molecule has 3 aromatic rings. The number of hydrogen-bond acceptors (Lipinski definition) is 5. The van der Waals surface area contributed by atoms with Gasteiger partial charge in [-0.1, -0.05) is 25.5 Å². The molecule has 0 amide bonds. The zero-order valence-corrected chi connectivity index (χ0v) is 18.4. The van der Waals surface area contributed by atoms with Crippen LogP contribution in [-0.4, -0.2) is 26.6 Å². The molecule has 1 fully saturated rings. The Kier molecular flexibility index (Phi) is 6.14. The molecule has 1 unspecified atom stereocenters. The van der Waals surface area contributed by atoms with Crippen molar-refractivity contribution in [3.05, 3.63) is 59.1 Å². The van der Waals surface area contributed by atoms with Gasteiger partial charge in [-0.3, -0.25) is 0 Å². The summed E-state index contributed by atoms with van der Waals surface area (Å²) in [5.74, 6) is -0.957. The van der Waals surface area contributed by atoms with Gasteiger partial charge in [-0.15, -0.1) is 0 Å². The molecule has 2 N–H and O–H groups in total. The normalized spacial score (nSPS) is 15.6. The van der Waals surface area contributed by atoms with Crippen LogP contribution in [0.3, 0.4) is 0 Å².